The Balaban J connectivity index is 0.00000242. The van der Waals surface area contributed by atoms with Crippen molar-refractivity contribution in [2.75, 3.05) is 20.1 Å². The molecule has 0 saturated heterocycles. The Bertz CT molecular complexity index is 540. The van der Waals surface area contributed by atoms with E-state index in [-0.39, 0.29) is 24.0 Å². The highest BCUT2D eigenvalue weighted by Crippen LogP contribution is 2.09. The second-order valence-electron chi connectivity index (χ2n) is 4.91. The number of nitrogens with one attached hydrogen (secondary N) is 1. The molecule has 3 nitrogen and oxygen atoms in total. The summed E-state index contributed by atoms with van der Waals surface area (Å²) in [7, 11) is 2.08. The molecule has 0 aliphatic carbocycles. The third-order valence-electron chi connectivity index (χ3n) is 3.16. The number of rotatable bonds is 6. The first-order valence-corrected chi connectivity index (χ1v) is 8.23. The zero-order valence-corrected chi connectivity index (χ0v) is 16.3. The van der Waals surface area contributed by atoms with E-state index >= 15 is 0 Å². The summed E-state index contributed by atoms with van der Waals surface area (Å²) in [4.78, 5) is 8.29. The summed E-state index contributed by atoms with van der Waals surface area (Å²) in [5.74, 6) is 0.970. The molecular formula is C17H24IN3S. The normalized spacial score (nSPS) is 10.9. The van der Waals surface area contributed by atoms with Crippen LogP contribution < -0.4 is 5.32 Å². The van der Waals surface area contributed by atoms with Crippen LogP contribution in [-0.2, 0) is 13.0 Å². The van der Waals surface area contributed by atoms with Gasteiger partial charge in [-0.25, -0.2) is 0 Å². The first-order valence-electron chi connectivity index (χ1n) is 7.35. The third kappa shape index (κ3) is 6.36. The van der Waals surface area contributed by atoms with Crippen molar-refractivity contribution >= 4 is 41.3 Å². The van der Waals surface area contributed by atoms with Crippen molar-refractivity contribution in [2.24, 2.45) is 4.99 Å². The fourth-order valence-corrected chi connectivity index (χ4v) is 2.83. The lowest BCUT2D eigenvalue weighted by Crippen LogP contribution is -2.38. The summed E-state index contributed by atoms with van der Waals surface area (Å²) < 4.78 is 0. The van der Waals surface area contributed by atoms with Crippen molar-refractivity contribution in [3.05, 3.63) is 58.3 Å². The molecule has 120 valence electrons. The Kier molecular flexibility index (Phi) is 9.15. The third-order valence-corrected chi connectivity index (χ3v) is 4.10. The number of benzene rings is 1. The van der Waals surface area contributed by atoms with Crippen LogP contribution in [0.25, 0.3) is 0 Å². The molecule has 0 aliphatic rings. The van der Waals surface area contributed by atoms with Crippen molar-refractivity contribution in [1.29, 1.82) is 0 Å². The monoisotopic (exact) mass is 429 g/mol. The van der Waals surface area contributed by atoms with E-state index in [9.17, 15) is 0 Å². The van der Waals surface area contributed by atoms with Gasteiger partial charge in [-0.2, -0.15) is 0 Å². The summed E-state index contributed by atoms with van der Waals surface area (Å²) in [5, 5.41) is 5.48. The minimum absolute atomic E-state index is 0. The van der Waals surface area contributed by atoms with Gasteiger partial charge < -0.3 is 10.2 Å². The second-order valence-corrected chi connectivity index (χ2v) is 5.94. The Morgan fingerprint density at radius 1 is 1.18 bits per heavy atom. The minimum atomic E-state index is 0. The van der Waals surface area contributed by atoms with Gasteiger partial charge in [0.2, 0.25) is 0 Å². The SMILES string of the molecule is CCNC(=NCCc1cccs1)N(C)Cc1ccccc1.I. The maximum Gasteiger partial charge on any atom is 0.193 e. The first-order chi connectivity index (χ1) is 10.3. The molecule has 0 spiro atoms. The smallest absolute Gasteiger partial charge is 0.193 e. The summed E-state index contributed by atoms with van der Waals surface area (Å²) in [6.07, 6.45) is 1.01. The number of aliphatic imine (C=N–C) groups is 1. The Morgan fingerprint density at radius 3 is 2.59 bits per heavy atom. The van der Waals surface area contributed by atoms with Gasteiger partial charge in [0, 0.05) is 38.0 Å². The van der Waals surface area contributed by atoms with Gasteiger partial charge in [-0.1, -0.05) is 36.4 Å². The van der Waals surface area contributed by atoms with Gasteiger partial charge in [0.05, 0.1) is 0 Å². The topological polar surface area (TPSA) is 27.6 Å². The molecule has 0 atom stereocenters. The van der Waals surface area contributed by atoms with Crippen LogP contribution in [0.2, 0.25) is 0 Å². The number of halogens is 1. The molecule has 5 heteroatoms. The lowest BCUT2D eigenvalue weighted by Gasteiger charge is -2.22. The lowest BCUT2D eigenvalue weighted by atomic mass is 10.2. The highest BCUT2D eigenvalue weighted by molar-refractivity contribution is 14.0. The van der Waals surface area contributed by atoms with Gasteiger partial charge in [0.25, 0.3) is 0 Å². The van der Waals surface area contributed by atoms with Crippen LogP contribution in [0, 0.1) is 0 Å². The molecule has 1 aromatic heterocycles. The van der Waals surface area contributed by atoms with Gasteiger partial charge in [-0.05, 0) is 23.9 Å². The van der Waals surface area contributed by atoms with Crippen LogP contribution in [0.5, 0.6) is 0 Å². The highest BCUT2D eigenvalue weighted by atomic mass is 127. The van der Waals surface area contributed by atoms with Gasteiger partial charge in [0.1, 0.15) is 0 Å². The lowest BCUT2D eigenvalue weighted by molar-refractivity contribution is 0.477. The van der Waals surface area contributed by atoms with Gasteiger partial charge in [-0.15, -0.1) is 35.3 Å². The van der Waals surface area contributed by atoms with Crippen molar-refractivity contribution in [3.8, 4) is 0 Å². The Morgan fingerprint density at radius 2 is 1.95 bits per heavy atom. The molecule has 0 radical (unpaired) electrons. The number of thiophene rings is 1. The summed E-state index contributed by atoms with van der Waals surface area (Å²) in [6, 6.07) is 14.7. The Hall–Kier alpha value is -1.08. The summed E-state index contributed by atoms with van der Waals surface area (Å²) >= 11 is 1.80. The zero-order chi connectivity index (χ0) is 14.9. The molecule has 2 rings (SSSR count). The van der Waals surface area contributed by atoms with E-state index in [2.05, 4.69) is 66.0 Å². The molecule has 1 heterocycles. The van der Waals surface area contributed by atoms with Crippen LogP contribution in [-0.4, -0.2) is 31.0 Å². The van der Waals surface area contributed by atoms with Crippen LogP contribution in [0.1, 0.15) is 17.4 Å². The fourth-order valence-electron chi connectivity index (χ4n) is 2.13. The molecule has 2 aromatic rings. The van der Waals surface area contributed by atoms with Crippen LogP contribution in [0.15, 0.2) is 52.8 Å². The van der Waals surface area contributed by atoms with E-state index in [1.807, 2.05) is 6.07 Å². The largest absolute Gasteiger partial charge is 0.357 e. The van der Waals surface area contributed by atoms with E-state index in [0.717, 1.165) is 32.0 Å². The van der Waals surface area contributed by atoms with E-state index < -0.39 is 0 Å². The van der Waals surface area contributed by atoms with Crippen molar-refractivity contribution in [2.45, 2.75) is 19.9 Å². The van der Waals surface area contributed by atoms with Gasteiger partial charge >= 0.3 is 0 Å². The van der Waals surface area contributed by atoms with E-state index in [1.165, 1.54) is 10.4 Å². The van der Waals surface area contributed by atoms with E-state index in [1.54, 1.807) is 11.3 Å². The molecular weight excluding hydrogens is 405 g/mol. The van der Waals surface area contributed by atoms with Crippen molar-refractivity contribution in [3.63, 3.8) is 0 Å². The number of hydrogen-bond donors (Lipinski definition) is 1. The molecule has 22 heavy (non-hydrogen) atoms. The average molecular weight is 429 g/mol. The van der Waals surface area contributed by atoms with Gasteiger partial charge in [0.15, 0.2) is 5.96 Å². The molecule has 0 amide bonds. The van der Waals surface area contributed by atoms with Gasteiger partial charge in [-0.3, -0.25) is 4.99 Å². The molecule has 1 aromatic carbocycles. The quantitative estimate of drug-likeness (QED) is 0.427. The summed E-state index contributed by atoms with van der Waals surface area (Å²) in [6.45, 7) is 4.68. The highest BCUT2D eigenvalue weighted by Gasteiger charge is 2.06. The molecule has 0 aliphatic heterocycles. The van der Waals surface area contributed by atoms with Crippen molar-refractivity contribution in [1.82, 2.24) is 10.2 Å². The molecule has 0 bridgehead atoms. The predicted octanol–water partition coefficient (Wildman–Crippen LogP) is 4.01. The predicted molar refractivity (Wildman–Crippen MR) is 107 cm³/mol. The maximum atomic E-state index is 4.72. The first kappa shape index (κ1) is 19.0. The van der Waals surface area contributed by atoms with E-state index in [0.29, 0.717) is 0 Å². The maximum absolute atomic E-state index is 4.72. The van der Waals surface area contributed by atoms with Crippen LogP contribution in [0.3, 0.4) is 0 Å². The zero-order valence-electron chi connectivity index (χ0n) is 13.2. The second kappa shape index (κ2) is 10.6. The standard InChI is InChI=1S/C17H23N3S.HI/c1-3-18-17(19-12-11-16-10-7-13-21-16)20(2)14-15-8-5-4-6-9-15;/h4-10,13H,3,11-12,14H2,1-2H3,(H,18,19);1H. The molecule has 0 unspecified atom stereocenters. The number of hydrogen-bond acceptors (Lipinski definition) is 2. The summed E-state index contributed by atoms with van der Waals surface area (Å²) in [5.41, 5.74) is 1.30. The van der Waals surface area contributed by atoms with Crippen LogP contribution >= 0.6 is 35.3 Å². The fraction of sp³-hybridized carbons (Fsp3) is 0.353. The Labute approximate surface area is 154 Å². The van der Waals surface area contributed by atoms with E-state index in [4.69, 9.17) is 4.99 Å². The van der Waals surface area contributed by atoms with Crippen LogP contribution in [0.4, 0.5) is 0 Å². The molecule has 1 N–H and O–H groups in total. The minimum Gasteiger partial charge on any atom is -0.357 e. The van der Waals surface area contributed by atoms with Crippen molar-refractivity contribution < 1.29 is 0 Å². The molecule has 0 saturated carbocycles. The molecule has 0 fully saturated rings. The average Bonchev–Trinajstić information content (AvgIpc) is 3.00. The number of guanidine groups is 1. The number of nitrogens with zero attached hydrogens (tertiary/aromatic N) is 2.